The Labute approximate surface area is 133 Å². The fraction of sp³-hybridized carbons (Fsp3) is 0.882. The van der Waals surface area contributed by atoms with E-state index in [2.05, 4.69) is 6.92 Å². The van der Waals surface area contributed by atoms with Gasteiger partial charge in [0.15, 0.2) is 11.4 Å². The van der Waals surface area contributed by atoms with E-state index in [-0.39, 0.29) is 6.42 Å². The van der Waals surface area contributed by atoms with Gasteiger partial charge in [0.25, 0.3) is 0 Å². The standard InChI is InChI=1S/C17H32O5/c1-4-6-8-10-12-17(22,16(20)21)14(11-9-7-5-2)15(19)13(3)18/h14-15,19,22H,4-12H2,1-3H3,(H,20,21). The topological polar surface area (TPSA) is 94.8 Å². The average molecular weight is 316 g/mol. The second-order valence-corrected chi connectivity index (χ2v) is 6.20. The summed E-state index contributed by atoms with van der Waals surface area (Å²) >= 11 is 0. The van der Waals surface area contributed by atoms with Crippen molar-refractivity contribution in [2.75, 3.05) is 0 Å². The number of carboxylic acid groups (broad SMARTS) is 1. The minimum atomic E-state index is -2.04. The van der Waals surface area contributed by atoms with Crippen LogP contribution in [0.5, 0.6) is 0 Å². The Balaban J connectivity index is 5.09. The maximum Gasteiger partial charge on any atom is 0.336 e. The van der Waals surface area contributed by atoms with Gasteiger partial charge in [-0.25, -0.2) is 4.79 Å². The first kappa shape index (κ1) is 21.1. The molecule has 0 aliphatic heterocycles. The molecule has 130 valence electrons. The summed E-state index contributed by atoms with van der Waals surface area (Å²) in [5.41, 5.74) is -2.04. The van der Waals surface area contributed by atoms with Crippen LogP contribution in [-0.4, -0.2) is 38.8 Å². The number of aliphatic hydroxyl groups is 2. The van der Waals surface area contributed by atoms with Crippen molar-refractivity contribution in [3.8, 4) is 0 Å². The summed E-state index contributed by atoms with van der Waals surface area (Å²) in [5.74, 6) is -2.78. The van der Waals surface area contributed by atoms with Gasteiger partial charge in [-0.05, 0) is 26.2 Å². The monoisotopic (exact) mass is 316 g/mol. The largest absolute Gasteiger partial charge is 0.479 e. The van der Waals surface area contributed by atoms with Gasteiger partial charge < -0.3 is 15.3 Å². The van der Waals surface area contributed by atoms with Gasteiger partial charge in [-0.15, -0.1) is 0 Å². The average Bonchev–Trinajstić information content (AvgIpc) is 2.47. The number of ketones is 1. The smallest absolute Gasteiger partial charge is 0.336 e. The summed E-state index contributed by atoms with van der Waals surface area (Å²) in [6.45, 7) is 5.30. The first-order valence-electron chi connectivity index (χ1n) is 8.45. The molecule has 0 spiro atoms. The first-order valence-corrected chi connectivity index (χ1v) is 8.45. The fourth-order valence-corrected chi connectivity index (χ4v) is 2.83. The zero-order valence-corrected chi connectivity index (χ0v) is 14.2. The van der Waals surface area contributed by atoms with E-state index in [1.165, 1.54) is 6.92 Å². The molecule has 0 aliphatic carbocycles. The van der Waals surface area contributed by atoms with Gasteiger partial charge in [-0.2, -0.15) is 0 Å². The minimum absolute atomic E-state index is 0.0729. The first-order chi connectivity index (χ1) is 10.3. The lowest BCUT2D eigenvalue weighted by Crippen LogP contribution is -2.52. The molecule has 0 bridgehead atoms. The van der Waals surface area contributed by atoms with E-state index < -0.39 is 29.4 Å². The number of aliphatic hydroxyl groups excluding tert-OH is 1. The van der Waals surface area contributed by atoms with Crippen LogP contribution in [-0.2, 0) is 9.59 Å². The van der Waals surface area contributed by atoms with Crippen LogP contribution in [0.15, 0.2) is 0 Å². The molecule has 0 saturated carbocycles. The molecule has 0 aromatic carbocycles. The highest BCUT2D eigenvalue weighted by molar-refractivity contribution is 5.83. The maximum atomic E-state index is 11.6. The number of unbranched alkanes of at least 4 members (excludes halogenated alkanes) is 5. The van der Waals surface area contributed by atoms with E-state index in [1.807, 2.05) is 6.92 Å². The van der Waals surface area contributed by atoms with Gasteiger partial charge in [0, 0.05) is 5.92 Å². The van der Waals surface area contributed by atoms with Gasteiger partial charge in [0.05, 0.1) is 0 Å². The Morgan fingerprint density at radius 1 is 1.00 bits per heavy atom. The molecule has 0 heterocycles. The molecule has 0 rings (SSSR count). The molecule has 0 fully saturated rings. The fourth-order valence-electron chi connectivity index (χ4n) is 2.83. The van der Waals surface area contributed by atoms with Crippen molar-refractivity contribution in [2.24, 2.45) is 5.92 Å². The number of aliphatic carboxylic acids is 1. The summed E-state index contributed by atoms with van der Waals surface area (Å²) in [7, 11) is 0. The molecule has 0 amide bonds. The van der Waals surface area contributed by atoms with Crippen molar-refractivity contribution < 1.29 is 24.9 Å². The van der Waals surface area contributed by atoms with E-state index in [0.29, 0.717) is 19.3 Å². The highest BCUT2D eigenvalue weighted by Gasteiger charge is 2.47. The Bertz CT molecular complexity index is 342. The van der Waals surface area contributed by atoms with Crippen LogP contribution in [0.2, 0.25) is 0 Å². The van der Waals surface area contributed by atoms with Crippen LogP contribution in [0.1, 0.15) is 78.6 Å². The third kappa shape index (κ3) is 6.44. The number of rotatable bonds is 13. The van der Waals surface area contributed by atoms with Crippen LogP contribution in [0.25, 0.3) is 0 Å². The van der Waals surface area contributed by atoms with Crippen molar-refractivity contribution in [1.29, 1.82) is 0 Å². The lowest BCUT2D eigenvalue weighted by atomic mass is 9.75. The highest BCUT2D eigenvalue weighted by Crippen LogP contribution is 2.32. The lowest BCUT2D eigenvalue weighted by Gasteiger charge is -2.35. The lowest BCUT2D eigenvalue weighted by molar-refractivity contribution is -0.174. The van der Waals surface area contributed by atoms with E-state index in [9.17, 15) is 24.9 Å². The quantitative estimate of drug-likeness (QED) is 0.454. The molecule has 0 aromatic rings. The molecule has 5 heteroatoms. The number of carboxylic acids is 1. The van der Waals surface area contributed by atoms with E-state index in [4.69, 9.17) is 0 Å². The van der Waals surface area contributed by atoms with Crippen molar-refractivity contribution in [1.82, 2.24) is 0 Å². The van der Waals surface area contributed by atoms with Crippen LogP contribution in [0.3, 0.4) is 0 Å². The molecular weight excluding hydrogens is 284 g/mol. The Morgan fingerprint density at radius 2 is 1.55 bits per heavy atom. The SMILES string of the molecule is CCCCCCC(O)(C(=O)O)C(CCCCC)C(O)C(C)=O. The van der Waals surface area contributed by atoms with E-state index in [1.54, 1.807) is 0 Å². The molecule has 3 atom stereocenters. The predicted octanol–water partition coefficient (Wildman–Crippen LogP) is 2.92. The minimum Gasteiger partial charge on any atom is -0.479 e. The molecule has 3 N–H and O–H groups in total. The molecule has 0 saturated heterocycles. The zero-order valence-electron chi connectivity index (χ0n) is 14.2. The number of hydrogen-bond acceptors (Lipinski definition) is 4. The van der Waals surface area contributed by atoms with Crippen LogP contribution in [0, 0.1) is 5.92 Å². The second kappa shape index (κ2) is 10.7. The molecule has 5 nitrogen and oxygen atoms in total. The molecule has 0 aromatic heterocycles. The number of hydrogen-bond donors (Lipinski definition) is 3. The third-order valence-electron chi connectivity index (χ3n) is 4.31. The molecule has 0 radical (unpaired) electrons. The van der Waals surface area contributed by atoms with E-state index >= 15 is 0 Å². The molecule has 0 aliphatic rings. The third-order valence-corrected chi connectivity index (χ3v) is 4.31. The van der Waals surface area contributed by atoms with Gasteiger partial charge in [-0.1, -0.05) is 52.4 Å². The van der Waals surface area contributed by atoms with Gasteiger partial charge in [0.2, 0.25) is 0 Å². The number of carbonyl (C=O) groups excluding carboxylic acids is 1. The van der Waals surface area contributed by atoms with Crippen molar-refractivity contribution in [2.45, 2.75) is 90.3 Å². The van der Waals surface area contributed by atoms with Crippen LogP contribution >= 0.6 is 0 Å². The summed E-state index contributed by atoms with van der Waals surface area (Å²) in [5, 5.41) is 30.2. The number of carbonyl (C=O) groups is 2. The van der Waals surface area contributed by atoms with Crippen molar-refractivity contribution in [3.63, 3.8) is 0 Å². The molecule has 22 heavy (non-hydrogen) atoms. The Hall–Kier alpha value is -0.940. The highest BCUT2D eigenvalue weighted by atomic mass is 16.4. The normalized spacial score (nSPS) is 16.8. The summed E-state index contributed by atoms with van der Waals surface area (Å²) in [4.78, 5) is 23.1. The Kier molecular flexibility index (Phi) is 10.3. The van der Waals surface area contributed by atoms with Crippen LogP contribution < -0.4 is 0 Å². The maximum absolute atomic E-state index is 11.6. The predicted molar refractivity (Wildman–Crippen MR) is 85.7 cm³/mol. The van der Waals surface area contributed by atoms with Crippen molar-refractivity contribution >= 4 is 11.8 Å². The number of Topliss-reactive ketones (excluding diaryl/α,β-unsaturated/α-hetero) is 1. The molecule has 3 unspecified atom stereocenters. The summed E-state index contributed by atoms with van der Waals surface area (Å²) in [6.07, 6.45) is 4.91. The van der Waals surface area contributed by atoms with Gasteiger partial charge >= 0.3 is 5.97 Å². The zero-order chi connectivity index (χ0) is 17.2. The molecular formula is C17H32O5. The summed E-state index contributed by atoms with van der Waals surface area (Å²) < 4.78 is 0. The van der Waals surface area contributed by atoms with E-state index in [0.717, 1.165) is 32.1 Å². The Morgan fingerprint density at radius 3 is 2.00 bits per heavy atom. The summed E-state index contributed by atoms with van der Waals surface area (Å²) in [6, 6.07) is 0. The van der Waals surface area contributed by atoms with Crippen LogP contribution in [0.4, 0.5) is 0 Å². The van der Waals surface area contributed by atoms with Crippen molar-refractivity contribution in [3.05, 3.63) is 0 Å². The van der Waals surface area contributed by atoms with Gasteiger partial charge in [0.1, 0.15) is 6.10 Å². The second-order valence-electron chi connectivity index (χ2n) is 6.20. The van der Waals surface area contributed by atoms with Gasteiger partial charge in [-0.3, -0.25) is 4.79 Å².